The lowest BCUT2D eigenvalue weighted by molar-refractivity contribution is 0.00521. The highest BCUT2D eigenvalue weighted by Crippen LogP contribution is 2.31. The Hall–Kier alpha value is -0.980. The van der Waals surface area contributed by atoms with E-state index in [1.54, 1.807) is 5.38 Å². The second kappa shape index (κ2) is 6.42. The molecule has 116 valence electrons. The molecule has 3 rings (SSSR count). The van der Waals surface area contributed by atoms with E-state index in [9.17, 15) is 9.90 Å². The van der Waals surface area contributed by atoms with Crippen LogP contribution in [0.3, 0.4) is 0 Å². The van der Waals surface area contributed by atoms with Gasteiger partial charge < -0.3 is 15.2 Å². The maximum absolute atomic E-state index is 12.1. The van der Waals surface area contributed by atoms with E-state index in [0.29, 0.717) is 12.2 Å². The number of carbonyl (C=O) groups excluding carboxylic acids is 1. The summed E-state index contributed by atoms with van der Waals surface area (Å²) < 4.78 is 5.58. The standard InChI is InChI=1S/C15H22N2O3S/c18-13(16-10-15(19)6-2-1-3-7-15)11-9-21-14(17-11)12-5-4-8-20-12/h9,12,19H,1-8,10H2,(H,16,18). The van der Waals surface area contributed by atoms with Crippen molar-refractivity contribution in [2.45, 2.75) is 56.7 Å². The predicted octanol–water partition coefficient (Wildman–Crippen LogP) is 2.42. The quantitative estimate of drug-likeness (QED) is 0.896. The van der Waals surface area contributed by atoms with Gasteiger partial charge in [-0.2, -0.15) is 0 Å². The number of nitrogens with zero attached hydrogens (tertiary/aromatic N) is 1. The molecule has 1 aliphatic heterocycles. The summed E-state index contributed by atoms with van der Waals surface area (Å²) in [5.74, 6) is -0.200. The van der Waals surface area contributed by atoms with Crippen LogP contribution in [0, 0.1) is 0 Å². The second-order valence-corrected chi connectivity index (χ2v) is 6.93. The van der Waals surface area contributed by atoms with E-state index >= 15 is 0 Å². The first-order valence-corrected chi connectivity index (χ1v) is 8.62. The summed E-state index contributed by atoms with van der Waals surface area (Å²) >= 11 is 1.48. The summed E-state index contributed by atoms with van der Waals surface area (Å²) in [4.78, 5) is 16.5. The van der Waals surface area contributed by atoms with Crippen LogP contribution in [-0.2, 0) is 4.74 Å². The number of hydrogen-bond acceptors (Lipinski definition) is 5. The Morgan fingerprint density at radius 2 is 2.24 bits per heavy atom. The molecule has 1 unspecified atom stereocenters. The van der Waals surface area contributed by atoms with Crippen molar-refractivity contribution < 1.29 is 14.6 Å². The van der Waals surface area contributed by atoms with Gasteiger partial charge in [0.2, 0.25) is 0 Å². The molecule has 6 heteroatoms. The van der Waals surface area contributed by atoms with Crippen LogP contribution < -0.4 is 5.32 Å². The first-order valence-electron chi connectivity index (χ1n) is 7.74. The molecule has 1 aliphatic carbocycles. The molecule has 5 nitrogen and oxygen atoms in total. The van der Waals surface area contributed by atoms with Gasteiger partial charge in [0.1, 0.15) is 16.8 Å². The van der Waals surface area contributed by atoms with E-state index in [1.807, 2.05) is 0 Å². The Morgan fingerprint density at radius 3 is 2.95 bits per heavy atom. The van der Waals surface area contributed by atoms with E-state index in [1.165, 1.54) is 17.8 Å². The number of thiazole rings is 1. The van der Waals surface area contributed by atoms with Crippen LogP contribution in [0.5, 0.6) is 0 Å². The number of aromatic nitrogens is 1. The molecule has 2 fully saturated rings. The van der Waals surface area contributed by atoms with Gasteiger partial charge in [0, 0.05) is 18.5 Å². The van der Waals surface area contributed by atoms with E-state index in [4.69, 9.17) is 4.74 Å². The number of amides is 1. The summed E-state index contributed by atoms with van der Waals surface area (Å²) in [6, 6.07) is 0. The molecular weight excluding hydrogens is 288 g/mol. The van der Waals surface area contributed by atoms with Crippen molar-refractivity contribution in [2.75, 3.05) is 13.2 Å². The van der Waals surface area contributed by atoms with Crippen LogP contribution in [0.25, 0.3) is 0 Å². The molecule has 1 saturated carbocycles. The van der Waals surface area contributed by atoms with Gasteiger partial charge in [0.15, 0.2) is 0 Å². The molecule has 2 N–H and O–H groups in total. The highest BCUT2D eigenvalue weighted by molar-refractivity contribution is 7.09. The average Bonchev–Trinajstić information content (AvgIpc) is 3.16. The highest BCUT2D eigenvalue weighted by atomic mass is 32.1. The fourth-order valence-corrected chi connectivity index (χ4v) is 3.92. The fraction of sp³-hybridized carbons (Fsp3) is 0.733. The van der Waals surface area contributed by atoms with Crippen molar-refractivity contribution in [2.24, 2.45) is 0 Å². The molecule has 0 radical (unpaired) electrons. The van der Waals surface area contributed by atoms with Crippen LogP contribution in [0.15, 0.2) is 5.38 Å². The molecule has 1 saturated heterocycles. The molecule has 21 heavy (non-hydrogen) atoms. The number of ether oxygens (including phenoxy) is 1. The van der Waals surface area contributed by atoms with Gasteiger partial charge in [0.25, 0.3) is 5.91 Å². The molecule has 1 aromatic heterocycles. The van der Waals surface area contributed by atoms with Crippen molar-refractivity contribution in [1.82, 2.24) is 10.3 Å². The summed E-state index contributed by atoms with van der Waals surface area (Å²) in [7, 11) is 0. The first kappa shape index (κ1) is 14.9. The number of hydrogen-bond donors (Lipinski definition) is 2. The Bertz CT molecular complexity index is 491. The zero-order valence-electron chi connectivity index (χ0n) is 12.1. The highest BCUT2D eigenvalue weighted by Gasteiger charge is 2.30. The Morgan fingerprint density at radius 1 is 1.43 bits per heavy atom. The number of rotatable bonds is 4. The number of carbonyl (C=O) groups is 1. The lowest BCUT2D eigenvalue weighted by atomic mass is 9.85. The summed E-state index contributed by atoms with van der Waals surface area (Å²) in [6.07, 6.45) is 6.87. The molecule has 1 atom stereocenters. The third-order valence-corrected chi connectivity index (χ3v) is 5.26. The topological polar surface area (TPSA) is 71.5 Å². The lowest BCUT2D eigenvalue weighted by Gasteiger charge is -2.31. The van der Waals surface area contributed by atoms with Crippen molar-refractivity contribution in [3.05, 3.63) is 16.1 Å². The Balaban J connectivity index is 1.55. The van der Waals surface area contributed by atoms with Crippen molar-refractivity contribution in [3.8, 4) is 0 Å². The minimum absolute atomic E-state index is 0.0547. The van der Waals surface area contributed by atoms with Crippen LogP contribution in [-0.4, -0.2) is 34.8 Å². The molecule has 0 aromatic carbocycles. The number of nitrogens with one attached hydrogen (secondary N) is 1. The van der Waals surface area contributed by atoms with Gasteiger partial charge in [-0.1, -0.05) is 19.3 Å². The molecule has 0 bridgehead atoms. The maximum atomic E-state index is 12.1. The maximum Gasteiger partial charge on any atom is 0.270 e. The predicted molar refractivity (Wildman–Crippen MR) is 80.4 cm³/mol. The SMILES string of the molecule is O=C(NCC1(O)CCCCC1)c1csc(C2CCCO2)n1. The summed E-state index contributed by atoms with van der Waals surface area (Å²) in [5, 5.41) is 15.9. The fourth-order valence-electron chi connectivity index (χ4n) is 3.03. The van der Waals surface area contributed by atoms with Gasteiger partial charge in [0.05, 0.1) is 5.60 Å². The summed E-state index contributed by atoms with van der Waals surface area (Å²) in [6.45, 7) is 1.09. The van der Waals surface area contributed by atoms with Crippen molar-refractivity contribution in [3.63, 3.8) is 0 Å². The second-order valence-electron chi connectivity index (χ2n) is 6.04. The van der Waals surface area contributed by atoms with E-state index in [2.05, 4.69) is 10.3 Å². The van der Waals surface area contributed by atoms with Crippen LogP contribution >= 0.6 is 11.3 Å². The average molecular weight is 310 g/mol. The van der Waals surface area contributed by atoms with Gasteiger partial charge in [-0.05, 0) is 25.7 Å². The molecule has 2 aliphatic rings. The van der Waals surface area contributed by atoms with Crippen LogP contribution in [0.2, 0.25) is 0 Å². The van der Waals surface area contributed by atoms with E-state index in [-0.39, 0.29) is 12.0 Å². The van der Waals surface area contributed by atoms with Gasteiger partial charge >= 0.3 is 0 Å². The largest absolute Gasteiger partial charge is 0.388 e. The Labute approximate surface area is 128 Å². The van der Waals surface area contributed by atoms with Gasteiger partial charge in [-0.3, -0.25) is 4.79 Å². The minimum atomic E-state index is -0.735. The zero-order chi connectivity index (χ0) is 14.7. The first-order chi connectivity index (χ1) is 10.2. The monoisotopic (exact) mass is 310 g/mol. The minimum Gasteiger partial charge on any atom is -0.388 e. The van der Waals surface area contributed by atoms with Crippen molar-refractivity contribution in [1.29, 1.82) is 0 Å². The van der Waals surface area contributed by atoms with Crippen LogP contribution in [0.1, 0.15) is 66.5 Å². The van der Waals surface area contributed by atoms with E-state index in [0.717, 1.165) is 50.1 Å². The molecule has 1 aromatic rings. The smallest absolute Gasteiger partial charge is 0.270 e. The van der Waals surface area contributed by atoms with Crippen molar-refractivity contribution >= 4 is 17.2 Å². The third kappa shape index (κ3) is 3.62. The van der Waals surface area contributed by atoms with E-state index < -0.39 is 5.60 Å². The van der Waals surface area contributed by atoms with Crippen LogP contribution in [0.4, 0.5) is 0 Å². The zero-order valence-corrected chi connectivity index (χ0v) is 13.0. The lowest BCUT2D eigenvalue weighted by Crippen LogP contribution is -2.44. The summed E-state index contributed by atoms with van der Waals surface area (Å²) in [5.41, 5.74) is -0.300. The molecule has 2 heterocycles. The van der Waals surface area contributed by atoms with Gasteiger partial charge in [-0.25, -0.2) is 4.98 Å². The molecule has 0 spiro atoms. The Kier molecular flexibility index (Phi) is 4.57. The normalized spacial score (nSPS) is 24.9. The molecule has 1 amide bonds. The number of aliphatic hydroxyl groups is 1. The molecular formula is C15H22N2O3S. The third-order valence-electron chi connectivity index (χ3n) is 4.32. The van der Waals surface area contributed by atoms with Gasteiger partial charge in [-0.15, -0.1) is 11.3 Å².